The van der Waals surface area contributed by atoms with Gasteiger partial charge >= 0.3 is 0 Å². The maximum absolute atomic E-state index is 4.33. The van der Waals surface area contributed by atoms with Gasteiger partial charge in [0.25, 0.3) is 0 Å². The van der Waals surface area contributed by atoms with Crippen LogP contribution in [0.4, 0.5) is 0 Å². The fraction of sp³-hybridized carbons (Fsp3) is 0.714. The molecule has 100 valence electrons. The maximum Gasteiger partial charge on any atom is 0.115 e. The molecule has 1 aliphatic rings. The zero-order chi connectivity index (χ0) is 12.8. The first-order valence-electron chi connectivity index (χ1n) is 6.94. The first-order valence-corrected chi connectivity index (χ1v) is 6.94. The van der Waals surface area contributed by atoms with Gasteiger partial charge in [-0.2, -0.15) is 0 Å². The second-order valence-corrected chi connectivity index (χ2v) is 5.58. The molecule has 0 amide bonds. The summed E-state index contributed by atoms with van der Waals surface area (Å²) in [6.07, 6.45) is 6.08. The molecule has 1 aliphatic heterocycles. The molecule has 4 heteroatoms. The average Bonchev–Trinajstić information content (AvgIpc) is 2.82. The molecule has 0 aliphatic carbocycles. The summed E-state index contributed by atoms with van der Waals surface area (Å²) >= 11 is 0. The molecule has 1 fully saturated rings. The summed E-state index contributed by atoms with van der Waals surface area (Å²) < 4.78 is 0. The molecule has 2 rings (SSSR count). The van der Waals surface area contributed by atoms with Gasteiger partial charge in [0, 0.05) is 31.9 Å². The zero-order valence-corrected chi connectivity index (χ0v) is 11.5. The molecule has 0 bridgehead atoms. The topological polar surface area (TPSA) is 41.1 Å². The fourth-order valence-electron chi connectivity index (χ4n) is 2.58. The predicted molar refractivity (Wildman–Crippen MR) is 73.2 cm³/mol. The van der Waals surface area contributed by atoms with Gasteiger partial charge in [-0.05, 0) is 31.4 Å². The lowest BCUT2D eigenvalue weighted by Crippen LogP contribution is -2.39. The van der Waals surface area contributed by atoms with Gasteiger partial charge in [-0.25, -0.2) is 9.97 Å². The van der Waals surface area contributed by atoms with Crippen LogP contribution in [0.3, 0.4) is 0 Å². The third-order valence-corrected chi connectivity index (χ3v) is 3.29. The molecular formula is C14H24N4. The molecule has 2 heterocycles. The van der Waals surface area contributed by atoms with E-state index in [1.54, 1.807) is 6.33 Å². The number of aromatic nitrogens is 2. The van der Waals surface area contributed by atoms with Crippen molar-refractivity contribution in [1.82, 2.24) is 20.2 Å². The molecule has 1 unspecified atom stereocenters. The van der Waals surface area contributed by atoms with Crippen molar-refractivity contribution in [3.8, 4) is 0 Å². The Bertz CT molecular complexity index is 333. The molecular weight excluding hydrogens is 224 g/mol. The number of hydrogen-bond donors (Lipinski definition) is 1. The van der Waals surface area contributed by atoms with Crippen molar-refractivity contribution in [2.24, 2.45) is 5.92 Å². The molecule has 4 nitrogen and oxygen atoms in total. The van der Waals surface area contributed by atoms with Crippen LogP contribution in [0.25, 0.3) is 0 Å². The standard InChI is InChI=1S/C14H24N4/c1-12(2)8-18(9-13-4-3-6-16-13)10-14-5-7-15-11-17-14/h5,7,11-13,16H,3-4,6,8-10H2,1-2H3. The highest BCUT2D eigenvalue weighted by Gasteiger charge is 2.18. The number of hydrogen-bond acceptors (Lipinski definition) is 4. The predicted octanol–water partition coefficient (Wildman–Crippen LogP) is 1.69. The van der Waals surface area contributed by atoms with Gasteiger partial charge in [0.1, 0.15) is 6.33 Å². The van der Waals surface area contributed by atoms with Crippen molar-refractivity contribution in [2.75, 3.05) is 19.6 Å². The van der Waals surface area contributed by atoms with E-state index >= 15 is 0 Å². The second kappa shape index (κ2) is 6.81. The van der Waals surface area contributed by atoms with E-state index in [-0.39, 0.29) is 0 Å². The Labute approximate surface area is 110 Å². The van der Waals surface area contributed by atoms with Crippen LogP contribution in [0.2, 0.25) is 0 Å². The highest BCUT2D eigenvalue weighted by molar-refractivity contribution is 4.98. The lowest BCUT2D eigenvalue weighted by molar-refractivity contribution is 0.214. The summed E-state index contributed by atoms with van der Waals surface area (Å²) in [6, 6.07) is 2.67. The van der Waals surface area contributed by atoms with Gasteiger partial charge in [0.05, 0.1) is 5.69 Å². The SMILES string of the molecule is CC(C)CN(Cc1ccncn1)CC1CCCN1. The summed E-state index contributed by atoms with van der Waals surface area (Å²) in [4.78, 5) is 10.8. The summed E-state index contributed by atoms with van der Waals surface area (Å²) in [5.41, 5.74) is 1.11. The Morgan fingerprint density at radius 3 is 3.00 bits per heavy atom. The Morgan fingerprint density at radius 2 is 2.39 bits per heavy atom. The smallest absolute Gasteiger partial charge is 0.115 e. The molecule has 0 aromatic carbocycles. The van der Waals surface area contributed by atoms with Crippen molar-refractivity contribution in [2.45, 2.75) is 39.3 Å². The molecule has 1 aromatic rings. The van der Waals surface area contributed by atoms with Crippen LogP contribution >= 0.6 is 0 Å². The molecule has 0 spiro atoms. The normalized spacial score (nSPS) is 19.9. The van der Waals surface area contributed by atoms with Gasteiger partial charge in [0.15, 0.2) is 0 Å². The Kier molecular flexibility index (Phi) is 5.08. The first-order chi connectivity index (χ1) is 8.74. The molecule has 0 radical (unpaired) electrons. The Hall–Kier alpha value is -1.00. The average molecular weight is 248 g/mol. The first kappa shape index (κ1) is 13.4. The van der Waals surface area contributed by atoms with E-state index in [0.29, 0.717) is 12.0 Å². The third kappa shape index (κ3) is 4.35. The molecule has 1 aromatic heterocycles. The minimum atomic E-state index is 0.658. The van der Waals surface area contributed by atoms with E-state index in [1.807, 2.05) is 12.3 Å². The molecule has 18 heavy (non-hydrogen) atoms. The van der Waals surface area contributed by atoms with Crippen LogP contribution in [-0.2, 0) is 6.54 Å². The van der Waals surface area contributed by atoms with Crippen LogP contribution in [0.1, 0.15) is 32.4 Å². The van der Waals surface area contributed by atoms with Gasteiger partial charge in [-0.15, -0.1) is 0 Å². The fourth-order valence-corrected chi connectivity index (χ4v) is 2.58. The molecule has 1 atom stereocenters. The van der Waals surface area contributed by atoms with Gasteiger partial charge < -0.3 is 5.32 Å². The van der Waals surface area contributed by atoms with E-state index in [0.717, 1.165) is 25.3 Å². The number of rotatable bonds is 6. The molecule has 1 saturated heterocycles. The van der Waals surface area contributed by atoms with E-state index in [1.165, 1.54) is 19.4 Å². The van der Waals surface area contributed by atoms with Crippen LogP contribution in [-0.4, -0.2) is 40.5 Å². The quantitative estimate of drug-likeness (QED) is 0.832. The summed E-state index contributed by atoms with van der Waals surface area (Å²) in [6.45, 7) is 8.90. The van der Waals surface area contributed by atoms with E-state index in [2.05, 4.69) is 34.0 Å². The monoisotopic (exact) mass is 248 g/mol. The molecule has 0 saturated carbocycles. The van der Waals surface area contributed by atoms with Crippen LogP contribution in [0.5, 0.6) is 0 Å². The summed E-state index contributed by atoms with van der Waals surface area (Å²) in [5.74, 6) is 0.688. The second-order valence-electron chi connectivity index (χ2n) is 5.58. The van der Waals surface area contributed by atoms with Crippen molar-refractivity contribution < 1.29 is 0 Å². The minimum Gasteiger partial charge on any atom is -0.313 e. The van der Waals surface area contributed by atoms with Gasteiger partial charge in [-0.3, -0.25) is 4.90 Å². The van der Waals surface area contributed by atoms with Crippen LogP contribution < -0.4 is 5.32 Å². The number of nitrogens with zero attached hydrogens (tertiary/aromatic N) is 3. The lowest BCUT2D eigenvalue weighted by Gasteiger charge is -2.26. The van der Waals surface area contributed by atoms with Crippen molar-refractivity contribution in [1.29, 1.82) is 0 Å². The van der Waals surface area contributed by atoms with Crippen LogP contribution in [0, 0.1) is 5.92 Å². The zero-order valence-electron chi connectivity index (χ0n) is 11.5. The summed E-state index contributed by atoms with van der Waals surface area (Å²) in [5, 5.41) is 3.57. The summed E-state index contributed by atoms with van der Waals surface area (Å²) in [7, 11) is 0. The highest BCUT2D eigenvalue weighted by Crippen LogP contribution is 2.11. The minimum absolute atomic E-state index is 0.658. The van der Waals surface area contributed by atoms with E-state index < -0.39 is 0 Å². The number of nitrogens with one attached hydrogen (secondary N) is 1. The van der Waals surface area contributed by atoms with E-state index in [4.69, 9.17) is 0 Å². The Morgan fingerprint density at radius 1 is 1.50 bits per heavy atom. The van der Waals surface area contributed by atoms with Crippen molar-refractivity contribution in [3.63, 3.8) is 0 Å². The lowest BCUT2D eigenvalue weighted by atomic mass is 10.1. The molecule has 1 N–H and O–H groups in total. The van der Waals surface area contributed by atoms with Gasteiger partial charge in [-0.1, -0.05) is 13.8 Å². The largest absolute Gasteiger partial charge is 0.313 e. The Balaban J connectivity index is 1.91. The third-order valence-electron chi connectivity index (χ3n) is 3.29. The van der Waals surface area contributed by atoms with E-state index in [9.17, 15) is 0 Å². The maximum atomic E-state index is 4.33. The van der Waals surface area contributed by atoms with Crippen LogP contribution in [0.15, 0.2) is 18.6 Å². The van der Waals surface area contributed by atoms with Gasteiger partial charge in [0.2, 0.25) is 0 Å². The van der Waals surface area contributed by atoms with Crippen molar-refractivity contribution in [3.05, 3.63) is 24.3 Å². The highest BCUT2D eigenvalue weighted by atomic mass is 15.2. The van der Waals surface area contributed by atoms with Crippen molar-refractivity contribution >= 4 is 0 Å².